The van der Waals surface area contributed by atoms with Crippen LogP contribution in [0.3, 0.4) is 0 Å². The van der Waals surface area contributed by atoms with Crippen molar-refractivity contribution in [2.24, 2.45) is 16.8 Å². The first-order chi connectivity index (χ1) is 10.6. The first-order valence-electron chi connectivity index (χ1n) is 8.51. The highest BCUT2D eigenvalue weighted by Crippen LogP contribution is 2.28. The Labute approximate surface area is 134 Å². The van der Waals surface area contributed by atoms with E-state index in [0.29, 0.717) is 19.0 Å². The summed E-state index contributed by atoms with van der Waals surface area (Å²) in [7, 11) is 0. The summed E-state index contributed by atoms with van der Waals surface area (Å²) in [4.78, 5) is 16.0. The number of carbonyl (C=O) groups excluding carboxylic acids is 1. The predicted octanol–water partition coefficient (Wildman–Crippen LogP) is 1.13. The lowest BCUT2D eigenvalue weighted by Crippen LogP contribution is -2.41. The Morgan fingerprint density at radius 2 is 1.95 bits per heavy atom. The molecule has 22 heavy (non-hydrogen) atoms. The highest BCUT2D eigenvalue weighted by atomic mass is 16.5. The van der Waals surface area contributed by atoms with Crippen molar-refractivity contribution in [1.82, 2.24) is 16.0 Å². The van der Waals surface area contributed by atoms with Crippen LogP contribution in [-0.2, 0) is 9.53 Å². The molecule has 6 nitrogen and oxygen atoms in total. The predicted molar refractivity (Wildman–Crippen MR) is 90.0 cm³/mol. The van der Waals surface area contributed by atoms with Gasteiger partial charge in [-0.2, -0.15) is 0 Å². The average Bonchev–Trinajstić information content (AvgIpc) is 3.31. The van der Waals surface area contributed by atoms with E-state index in [4.69, 9.17) is 4.74 Å². The summed E-state index contributed by atoms with van der Waals surface area (Å²) in [6, 6.07) is 0. The molecule has 0 aromatic heterocycles. The number of rotatable bonds is 11. The second kappa shape index (κ2) is 11.3. The van der Waals surface area contributed by atoms with Gasteiger partial charge in [0.25, 0.3) is 0 Å². The topological polar surface area (TPSA) is 74.8 Å². The van der Waals surface area contributed by atoms with Crippen LogP contribution >= 0.6 is 0 Å². The first-order valence-corrected chi connectivity index (χ1v) is 8.51. The number of nitrogens with one attached hydrogen (secondary N) is 3. The highest BCUT2D eigenvalue weighted by Gasteiger charge is 2.28. The Bertz CT molecular complexity index is 341. The molecule has 0 aromatic carbocycles. The van der Waals surface area contributed by atoms with Gasteiger partial charge in [-0.25, -0.2) is 0 Å². The highest BCUT2D eigenvalue weighted by molar-refractivity contribution is 5.81. The number of aliphatic imine (C=N–C) groups is 1. The third kappa shape index (κ3) is 9.60. The maximum Gasteiger partial charge on any atom is 0.223 e. The number of nitrogens with zero attached hydrogens (tertiary/aromatic N) is 1. The molecule has 0 unspecified atom stereocenters. The van der Waals surface area contributed by atoms with E-state index in [-0.39, 0.29) is 11.8 Å². The fraction of sp³-hybridized carbons (Fsp3) is 0.875. The minimum atomic E-state index is 0.186. The summed E-state index contributed by atoms with van der Waals surface area (Å²) in [6.45, 7) is 10.8. The molecule has 128 valence electrons. The van der Waals surface area contributed by atoms with E-state index in [1.165, 1.54) is 0 Å². The molecule has 0 heterocycles. The summed E-state index contributed by atoms with van der Waals surface area (Å²) in [5.41, 5.74) is 0. The number of carbonyl (C=O) groups is 1. The van der Waals surface area contributed by atoms with Crippen molar-refractivity contribution in [3.63, 3.8) is 0 Å². The third-order valence-electron chi connectivity index (χ3n) is 3.18. The summed E-state index contributed by atoms with van der Waals surface area (Å²) in [6.07, 6.45) is 3.01. The molecule has 0 atom stereocenters. The number of guanidine groups is 1. The SMILES string of the molecule is CCNC(=NCCCOCC(C)C)NCCNC(=O)C1CC1. The molecular weight excluding hydrogens is 280 g/mol. The van der Waals surface area contributed by atoms with Crippen molar-refractivity contribution in [3.8, 4) is 0 Å². The van der Waals surface area contributed by atoms with Crippen molar-refractivity contribution in [1.29, 1.82) is 0 Å². The van der Waals surface area contributed by atoms with Gasteiger partial charge >= 0.3 is 0 Å². The van der Waals surface area contributed by atoms with Crippen molar-refractivity contribution >= 4 is 11.9 Å². The summed E-state index contributed by atoms with van der Waals surface area (Å²) < 4.78 is 5.53. The van der Waals surface area contributed by atoms with Crippen LogP contribution in [0.2, 0.25) is 0 Å². The molecule has 1 aliphatic carbocycles. The molecule has 3 N–H and O–H groups in total. The van der Waals surface area contributed by atoms with Crippen LogP contribution in [0.4, 0.5) is 0 Å². The van der Waals surface area contributed by atoms with E-state index >= 15 is 0 Å². The zero-order valence-corrected chi connectivity index (χ0v) is 14.3. The van der Waals surface area contributed by atoms with Gasteiger partial charge in [0.1, 0.15) is 0 Å². The fourth-order valence-electron chi connectivity index (χ4n) is 1.87. The molecule has 6 heteroatoms. The number of ether oxygens (including phenoxy) is 1. The lowest BCUT2D eigenvalue weighted by molar-refractivity contribution is -0.122. The molecule has 1 aliphatic rings. The second-order valence-corrected chi connectivity index (χ2v) is 6.08. The molecule has 0 saturated heterocycles. The van der Waals surface area contributed by atoms with Crippen LogP contribution in [0.5, 0.6) is 0 Å². The summed E-state index contributed by atoms with van der Waals surface area (Å²) in [5, 5.41) is 9.36. The Morgan fingerprint density at radius 3 is 2.59 bits per heavy atom. The number of hydrogen-bond donors (Lipinski definition) is 3. The molecule has 1 rings (SSSR count). The Morgan fingerprint density at radius 1 is 1.23 bits per heavy atom. The zero-order chi connectivity index (χ0) is 16.2. The van der Waals surface area contributed by atoms with E-state index in [0.717, 1.165) is 51.5 Å². The van der Waals surface area contributed by atoms with Crippen molar-refractivity contribution in [2.75, 3.05) is 39.4 Å². The largest absolute Gasteiger partial charge is 0.381 e. The van der Waals surface area contributed by atoms with Crippen LogP contribution < -0.4 is 16.0 Å². The molecule has 1 amide bonds. The van der Waals surface area contributed by atoms with Crippen LogP contribution in [0.25, 0.3) is 0 Å². The van der Waals surface area contributed by atoms with Crippen LogP contribution in [0, 0.1) is 11.8 Å². The summed E-state index contributed by atoms with van der Waals surface area (Å²) >= 11 is 0. The quantitative estimate of drug-likeness (QED) is 0.304. The van der Waals surface area contributed by atoms with Gasteiger partial charge in [-0.05, 0) is 32.1 Å². The second-order valence-electron chi connectivity index (χ2n) is 6.08. The van der Waals surface area contributed by atoms with Gasteiger partial charge in [0, 0.05) is 45.3 Å². The zero-order valence-electron chi connectivity index (χ0n) is 14.3. The van der Waals surface area contributed by atoms with E-state index in [1.54, 1.807) is 0 Å². The third-order valence-corrected chi connectivity index (χ3v) is 3.18. The lowest BCUT2D eigenvalue weighted by atomic mass is 10.2. The normalized spacial score (nSPS) is 15.0. The molecule has 0 aliphatic heterocycles. The van der Waals surface area contributed by atoms with E-state index in [2.05, 4.69) is 34.8 Å². The van der Waals surface area contributed by atoms with Crippen LogP contribution in [0.15, 0.2) is 4.99 Å². The van der Waals surface area contributed by atoms with E-state index < -0.39 is 0 Å². The monoisotopic (exact) mass is 312 g/mol. The Kier molecular flexibility index (Phi) is 9.62. The lowest BCUT2D eigenvalue weighted by Gasteiger charge is -2.12. The van der Waals surface area contributed by atoms with Gasteiger partial charge in [0.2, 0.25) is 5.91 Å². The fourth-order valence-corrected chi connectivity index (χ4v) is 1.87. The number of hydrogen-bond acceptors (Lipinski definition) is 3. The van der Waals surface area contributed by atoms with Gasteiger partial charge in [0.15, 0.2) is 5.96 Å². The van der Waals surface area contributed by atoms with Gasteiger partial charge in [0.05, 0.1) is 0 Å². The van der Waals surface area contributed by atoms with Crippen molar-refractivity contribution in [2.45, 2.75) is 40.0 Å². The minimum Gasteiger partial charge on any atom is -0.381 e. The molecule has 0 spiro atoms. The molecule has 0 aromatic rings. The Hall–Kier alpha value is -1.30. The van der Waals surface area contributed by atoms with Crippen LogP contribution in [-0.4, -0.2) is 51.3 Å². The van der Waals surface area contributed by atoms with Gasteiger partial charge in [-0.3, -0.25) is 9.79 Å². The molecule has 0 bridgehead atoms. The number of amides is 1. The van der Waals surface area contributed by atoms with E-state index in [9.17, 15) is 4.79 Å². The Balaban J connectivity index is 2.08. The molecule has 1 fully saturated rings. The van der Waals surface area contributed by atoms with Gasteiger partial charge < -0.3 is 20.7 Å². The maximum absolute atomic E-state index is 11.5. The maximum atomic E-state index is 11.5. The summed E-state index contributed by atoms with van der Waals surface area (Å²) in [5.74, 6) is 1.83. The smallest absolute Gasteiger partial charge is 0.223 e. The van der Waals surface area contributed by atoms with Crippen molar-refractivity contribution in [3.05, 3.63) is 0 Å². The standard InChI is InChI=1S/C16H32N4O2/c1-4-17-16(19-8-5-11-22-12-13(2)3)20-10-9-18-15(21)14-6-7-14/h13-14H,4-12H2,1-3H3,(H,18,21)(H2,17,19,20). The van der Waals surface area contributed by atoms with Crippen LogP contribution in [0.1, 0.15) is 40.0 Å². The average molecular weight is 312 g/mol. The first kappa shape index (κ1) is 18.7. The van der Waals surface area contributed by atoms with Crippen molar-refractivity contribution < 1.29 is 9.53 Å². The molecular formula is C16H32N4O2. The minimum absolute atomic E-state index is 0.186. The van der Waals surface area contributed by atoms with Gasteiger partial charge in [-0.15, -0.1) is 0 Å². The van der Waals surface area contributed by atoms with Gasteiger partial charge in [-0.1, -0.05) is 13.8 Å². The van der Waals surface area contributed by atoms with E-state index in [1.807, 2.05) is 6.92 Å². The molecule has 1 saturated carbocycles. The molecule has 0 radical (unpaired) electrons.